The van der Waals surface area contributed by atoms with E-state index in [0.29, 0.717) is 6.42 Å². The van der Waals surface area contributed by atoms with E-state index in [9.17, 15) is 0 Å². The van der Waals surface area contributed by atoms with Gasteiger partial charge in [0, 0.05) is 17.8 Å². The molecule has 2 rings (SSSR count). The summed E-state index contributed by atoms with van der Waals surface area (Å²) in [7, 11) is 0. The summed E-state index contributed by atoms with van der Waals surface area (Å²) in [5.74, 6) is 0. The molecule has 14 heavy (non-hydrogen) atoms. The molecule has 0 saturated carbocycles. The fourth-order valence-corrected chi connectivity index (χ4v) is 2.55. The van der Waals surface area contributed by atoms with Crippen LogP contribution in [0.5, 0.6) is 0 Å². The molecule has 2 N–H and O–H groups in total. The number of hydrogen-bond acceptors (Lipinski definition) is 5. The van der Waals surface area contributed by atoms with Gasteiger partial charge >= 0.3 is 0 Å². The van der Waals surface area contributed by atoms with E-state index in [-0.39, 0.29) is 6.04 Å². The van der Waals surface area contributed by atoms with E-state index in [1.807, 2.05) is 16.8 Å². The van der Waals surface area contributed by atoms with E-state index in [1.54, 1.807) is 0 Å². The summed E-state index contributed by atoms with van der Waals surface area (Å²) in [5, 5.41) is 7.84. The molecule has 0 aliphatic carbocycles. The van der Waals surface area contributed by atoms with Crippen LogP contribution in [0.25, 0.3) is 0 Å². The first-order chi connectivity index (χ1) is 6.75. The van der Waals surface area contributed by atoms with Crippen molar-refractivity contribution in [3.63, 3.8) is 0 Å². The van der Waals surface area contributed by atoms with Crippen molar-refractivity contribution in [1.29, 1.82) is 0 Å². The monoisotopic (exact) mass is 245 g/mol. The Kier molecular flexibility index (Phi) is 3.12. The van der Waals surface area contributed by atoms with E-state index in [1.165, 1.54) is 22.9 Å². The van der Waals surface area contributed by atoms with E-state index in [0.717, 1.165) is 15.6 Å². The zero-order valence-electron chi connectivity index (χ0n) is 7.18. The van der Waals surface area contributed by atoms with E-state index in [4.69, 9.17) is 17.3 Å². The van der Waals surface area contributed by atoms with Crippen LogP contribution in [-0.4, -0.2) is 9.59 Å². The molecule has 3 nitrogen and oxygen atoms in total. The minimum absolute atomic E-state index is 0.0392. The number of hydrogen-bond donors (Lipinski definition) is 1. The number of rotatable bonds is 3. The summed E-state index contributed by atoms with van der Waals surface area (Å²) in [5.41, 5.74) is 7.98. The second-order valence-electron chi connectivity index (χ2n) is 2.89. The van der Waals surface area contributed by atoms with Gasteiger partial charge in [-0.25, -0.2) is 0 Å². The van der Waals surface area contributed by atoms with Gasteiger partial charge in [-0.05, 0) is 28.5 Å². The second-order valence-corrected chi connectivity index (χ2v) is 5.04. The highest BCUT2D eigenvalue weighted by Gasteiger charge is 2.10. The van der Waals surface area contributed by atoms with Crippen LogP contribution in [0.1, 0.15) is 17.3 Å². The van der Waals surface area contributed by atoms with Gasteiger partial charge in [0.05, 0.1) is 10.0 Å². The van der Waals surface area contributed by atoms with Crippen LogP contribution in [0.2, 0.25) is 4.34 Å². The van der Waals surface area contributed by atoms with Crippen LogP contribution in [0.4, 0.5) is 0 Å². The van der Waals surface area contributed by atoms with E-state index >= 15 is 0 Å². The molecule has 0 aliphatic rings. The van der Waals surface area contributed by atoms with Gasteiger partial charge in [0.2, 0.25) is 0 Å². The molecule has 6 heteroatoms. The summed E-state index contributed by atoms with van der Waals surface area (Å²) in [6, 6.07) is 1.86. The largest absolute Gasteiger partial charge is 0.324 e. The fraction of sp³-hybridized carbons (Fsp3) is 0.250. The first-order valence-corrected chi connectivity index (χ1v) is 6.10. The predicted octanol–water partition coefficient (Wildman–Crippen LogP) is 2.50. The van der Waals surface area contributed by atoms with Gasteiger partial charge in [-0.1, -0.05) is 16.1 Å². The lowest BCUT2D eigenvalue weighted by Crippen LogP contribution is -2.12. The van der Waals surface area contributed by atoms with Gasteiger partial charge in [0.25, 0.3) is 0 Å². The number of halogens is 1. The van der Waals surface area contributed by atoms with Gasteiger partial charge in [-0.15, -0.1) is 16.4 Å². The molecule has 0 bridgehead atoms. The third kappa shape index (κ3) is 2.30. The third-order valence-electron chi connectivity index (χ3n) is 1.85. The molecular weight excluding hydrogens is 238 g/mol. The zero-order chi connectivity index (χ0) is 9.97. The second kappa shape index (κ2) is 4.35. The van der Waals surface area contributed by atoms with Crippen molar-refractivity contribution in [2.24, 2.45) is 5.73 Å². The summed E-state index contributed by atoms with van der Waals surface area (Å²) in [6.07, 6.45) is 0.712. The van der Waals surface area contributed by atoms with Crippen LogP contribution in [0.3, 0.4) is 0 Å². The molecule has 0 fully saturated rings. The van der Waals surface area contributed by atoms with Gasteiger partial charge in [-0.2, -0.15) is 0 Å². The highest BCUT2D eigenvalue weighted by atomic mass is 35.5. The third-order valence-corrected chi connectivity index (χ3v) is 3.51. The van der Waals surface area contributed by atoms with Crippen LogP contribution in [0, 0.1) is 0 Å². The minimum Gasteiger partial charge on any atom is -0.324 e. The Morgan fingerprint density at radius 1 is 1.50 bits per heavy atom. The maximum absolute atomic E-state index is 5.98. The van der Waals surface area contributed by atoms with Crippen LogP contribution in [0.15, 0.2) is 16.8 Å². The Labute approximate surface area is 94.7 Å². The zero-order valence-corrected chi connectivity index (χ0v) is 9.57. The van der Waals surface area contributed by atoms with Crippen molar-refractivity contribution in [2.75, 3.05) is 0 Å². The summed E-state index contributed by atoms with van der Waals surface area (Å²) < 4.78 is 4.56. The highest BCUT2D eigenvalue weighted by molar-refractivity contribution is 7.14. The Morgan fingerprint density at radius 3 is 2.93 bits per heavy atom. The molecular formula is C8H8ClN3S2. The Hall–Kier alpha value is -0.490. The van der Waals surface area contributed by atoms with Crippen molar-refractivity contribution in [1.82, 2.24) is 9.59 Å². The maximum atomic E-state index is 5.98. The molecule has 0 saturated heterocycles. The van der Waals surface area contributed by atoms with E-state index in [2.05, 4.69) is 9.59 Å². The molecule has 0 spiro atoms. The number of nitrogens with two attached hydrogens (primary N) is 1. The van der Waals surface area contributed by atoms with Crippen molar-refractivity contribution in [2.45, 2.75) is 12.5 Å². The Bertz CT molecular complexity index is 398. The van der Waals surface area contributed by atoms with Crippen LogP contribution in [-0.2, 0) is 6.42 Å². The topological polar surface area (TPSA) is 51.8 Å². The molecule has 1 unspecified atom stereocenters. The highest BCUT2D eigenvalue weighted by Crippen LogP contribution is 2.25. The summed E-state index contributed by atoms with van der Waals surface area (Å²) >= 11 is 8.66. The standard InChI is InChI=1S/C8H8ClN3S2/c9-8-1-5(3-13-8)7(10)2-6-4-14-12-11-6/h1,3-4,7H,2,10H2. The molecule has 0 amide bonds. The van der Waals surface area contributed by atoms with Crippen molar-refractivity contribution < 1.29 is 0 Å². The van der Waals surface area contributed by atoms with Crippen molar-refractivity contribution in [3.05, 3.63) is 32.4 Å². The SMILES string of the molecule is NC(Cc1csnn1)c1csc(Cl)c1. The minimum atomic E-state index is -0.0392. The smallest absolute Gasteiger partial charge is 0.0931 e. The quantitative estimate of drug-likeness (QED) is 0.904. The predicted molar refractivity (Wildman–Crippen MR) is 59.9 cm³/mol. The van der Waals surface area contributed by atoms with Crippen molar-refractivity contribution >= 4 is 34.5 Å². The average Bonchev–Trinajstić information content (AvgIpc) is 2.75. The van der Waals surface area contributed by atoms with E-state index < -0.39 is 0 Å². The molecule has 1 atom stereocenters. The molecule has 0 radical (unpaired) electrons. The van der Waals surface area contributed by atoms with Gasteiger partial charge in [0.15, 0.2) is 0 Å². The average molecular weight is 246 g/mol. The molecule has 2 aromatic heterocycles. The Morgan fingerprint density at radius 2 is 2.36 bits per heavy atom. The lowest BCUT2D eigenvalue weighted by molar-refractivity contribution is 0.706. The van der Waals surface area contributed by atoms with Gasteiger partial charge in [-0.3, -0.25) is 0 Å². The number of nitrogens with zero attached hydrogens (tertiary/aromatic N) is 2. The number of aromatic nitrogens is 2. The normalized spacial score (nSPS) is 13.0. The Balaban J connectivity index is 2.06. The maximum Gasteiger partial charge on any atom is 0.0931 e. The lowest BCUT2D eigenvalue weighted by atomic mass is 10.1. The van der Waals surface area contributed by atoms with Gasteiger partial charge < -0.3 is 5.73 Å². The lowest BCUT2D eigenvalue weighted by Gasteiger charge is -2.06. The summed E-state index contributed by atoms with van der Waals surface area (Å²) in [6.45, 7) is 0. The first-order valence-electron chi connectivity index (χ1n) is 4.01. The van der Waals surface area contributed by atoms with Crippen LogP contribution >= 0.6 is 34.5 Å². The van der Waals surface area contributed by atoms with Crippen LogP contribution < -0.4 is 5.73 Å². The first kappa shape index (κ1) is 10.0. The number of thiophene rings is 1. The summed E-state index contributed by atoms with van der Waals surface area (Å²) in [4.78, 5) is 0. The molecule has 0 aliphatic heterocycles. The molecule has 2 heterocycles. The molecule has 74 valence electrons. The van der Waals surface area contributed by atoms with Gasteiger partial charge in [0.1, 0.15) is 0 Å². The molecule has 2 aromatic rings. The van der Waals surface area contributed by atoms with Crippen molar-refractivity contribution in [3.8, 4) is 0 Å². The fourth-order valence-electron chi connectivity index (χ4n) is 1.13. The molecule has 0 aromatic carbocycles.